The van der Waals surface area contributed by atoms with Gasteiger partial charge in [-0.1, -0.05) is 32.9 Å². The van der Waals surface area contributed by atoms with E-state index in [1.807, 2.05) is 27.7 Å². The molecule has 0 bridgehead atoms. The molecule has 0 atom stereocenters. The molecule has 0 spiro atoms. The molecule has 0 aromatic carbocycles. The van der Waals surface area contributed by atoms with Gasteiger partial charge in [0, 0.05) is 11.8 Å². The predicted molar refractivity (Wildman–Crippen MR) is 48.9 cm³/mol. The Hall–Kier alpha value is -0.860. The number of carbonyl (C=O) groups excluding carboxylic acids is 1. The van der Waals surface area contributed by atoms with Crippen LogP contribution in [0.1, 0.15) is 41.0 Å². The lowest BCUT2D eigenvalue weighted by Gasteiger charge is -2.16. The Kier molecular flexibility index (Phi) is 3.93. The Bertz CT molecular complexity index is 189. The lowest BCUT2D eigenvalue weighted by Crippen LogP contribution is -2.17. The van der Waals surface area contributed by atoms with Crippen molar-refractivity contribution in [1.29, 1.82) is 0 Å². The molecule has 0 radical (unpaired) electrons. The minimum atomic E-state index is -0.293. The van der Waals surface area contributed by atoms with Gasteiger partial charge in [-0.25, -0.2) is 4.79 Å². The quantitative estimate of drug-likeness (QED) is 0.363. The molecule has 0 aromatic heterocycles. The van der Waals surface area contributed by atoms with Crippen molar-refractivity contribution in [3.8, 4) is 0 Å². The molecule has 0 heterocycles. The Morgan fingerprint density at radius 3 is 2.25 bits per heavy atom. The first kappa shape index (κ1) is 11.1. The number of hydrogen-bond acceptors (Lipinski definition) is 3. The highest BCUT2D eigenvalue weighted by molar-refractivity contribution is 5.87. The molecule has 0 N–H and O–H groups in total. The minimum Gasteiger partial charge on any atom is -0.318 e. The summed E-state index contributed by atoms with van der Waals surface area (Å²) in [6.45, 7) is 9.65. The molecule has 0 saturated carbocycles. The molecule has 0 saturated heterocycles. The lowest BCUT2D eigenvalue weighted by atomic mass is 9.91. The topological polar surface area (TPSA) is 38.7 Å². The van der Waals surface area contributed by atoms with Gasteiger partial charge in [0.2, 0.25) is 0 Å². The summed E-state index contributed by atoms with van der Waals surface area (Å²) in [5.74, 6) is -0.293. The highest BCUT2D eigenvalue weighted by Gasteiger charge is 2.15. The van der Waals surface area contributed by atoms with Crippen molar-refractivity contribution >= 4 is 11.7 Å². The van der Waals surface area contributed by atoms with Crippen molar-refractivity contribution in [2.24, 2.45) is 10.6 Å². The third-order valence-corrected chi connectivity index (χ3v) is 1.66. The standard InChI is InChI=1S/C9H17NO2/c1-6-8(11)12-10-7(2)9(3,4)5/h6H2,1-5H3/b10-7-. The maximum absolute atomic E-state index is 10.7. The molecule has 70 valence electrons. The van der Waals surface area contributed by atoms with E-state index in [1.54, 1.807) is 6.92 Å². The van der Waals surface area contributed by atoms with Crippen molar-refractivity contribution in [3.63, 3.8) is 0 Å². The molecule has 0 aliphatic heterocycles. The van der Waals surface area contributed by atoms with Crippen LogP contribution >= 0.6 is 0 Å². The first-order valence-corrected chi connectivity index (χ1v) is 4.13. The molecule has 3 heteroatoms. The summed E-state index contributed by atoms with van der Waals surface area (Å²) in [6, 6.07) is 0. The SMILES string of the molecule is CCC(=O)O/N=C(/C)C(C)(C)C. The molecule has 0 amide bonds. The van der Waals surface area contributed by atoms with E-state index in [4.69, 9.17) is 0 Å². The highest BCUT2D eigenvalue weighted by atomic mass is 16.7. The number of rotatable bonds is 2. The molecule has 0 aliphatic carbocycles. The lowest BCUT2D eigenvalue weighted by molar-refractivity contribution is -0.143. The van der Waals surface area contributed by atoms with Crippen LogP contribution < -0.4 is 0 Å². The summed E-state index contributed by atoms with van der Waals surface area (Å²) in [6.07, 6.45) is 0.362. The average molecular weight is 171 g/mol. The second kappa shape index (κ2) is 4.24. The van der Waals surface area contributed by atoms with Gasteiger partial charge in [0.25, 0.3) is 0 Å². The van der Waals surface area contributed by atoms with E-state index in [0.29, 0.717) is 6.42 Å². The summed E-state index contributed by atoms with van der Waals surface area (Å²) in [4.78, 5) is 15.3. The Balaban J connectivity index is 4.11. The van der Waals surface area contributed by atoms with E-state index in [0.717, 1.165) is 5.71 Å². The van der Waals surface area contributed by atoms with Gasteiger partial charge in [-0.3, -0.25) is 0 Å². The van der Waals surface area contributed by atoms with Gasteiger partial charge < -0.3 is 4.84 Å². The van der Waals surface area contributed by atoms with Crippen molar-refractivity contribution in [2.45, 2.75) is 41.0 Å². The highest BCUT2D eigenvalue weighted by Crippen LogP contribution is 2.15. The van der Waals surface area contributed by atoms with E-state index in [9.17, 15) is 4.79 Å². The normalized spacial score (nSPS) is 12.9. The van der Waals surface area contributed by atoms with Crippen molar-refractivity contribution in [1.82, 2.24) is 0 Å². The van der Waals surface area contributed by atoms with E-state index in [-0.39, 0.29) is 11.4 Å². The molecule has 0 aliphatic rings. The first-order chi connectivity index (χ1) is 5.38. The van der Waals surface area contributed by atoms with E-state index < -0.39 is 0 Å². The van der Waals surface area contributed by atoms with Crippen LogP contribution in [0.15, 0.2) is 5.16 Å². The van der Waals surface area contributed by atoms with Crippen molar-refractivity contribution in [2.75, 3.05) is 0 Å². The summed E-state index contributed by atoms with van der Waals surface area (Å²) in [5, 5.41) is 3.73. The first-order valence-electron chi connectivity index (χ1n) is 4.13. The molecule has 0 rings (SSSR count). The minimum absolute atomic E-state index is 0.0337. The van der Waals surface area contributed by atoms with Gasteiger partial charge in [-0.05, 0) is 6.92 Å². The molecule has 12 heavy (non-hydrogen) atoms. The maximum atomic E-state index is 10.7. The summed E-state index contributed by atoms with van der Waals surface area (Å²) in [5.41, 5.74) is 0.790. The number of carbonyl (C=O) groups is 1. The van der Waals surface area contributed by atoms with E-state index in [2.05, 4.69) is 9.99 Å². The second-order valence-electron chi connectivity index (χ2n) is 3.74. The number of hydrogen-bond donors (Lipinski definition) is 0. The van der Waals surface area contributed by atoms with Gasteiger partial charge in [0.15, 0.2) is 0 Å². The van der Waals surface area contributed by atoms with Crippen LogP contribution in [-0.4, -0.2) is 11.7 Å². The van der Waals surface area contributed by atoms with Crippen LogP contribution in [0.4, 0.5) is 0 Å². The Morgan fingerprint density at radius 2 is 1.92 bits per heavy atom. The van der Waals surface area contributed by atoms with Gasteiger partial charge in [0.1, 0.15) is 0 Å². The van der Waals surface area contributed by atoms with Crippen molar-refractivity contribution < 1.29 is 9.63 Å². The summed E-state index contributed by atoms with van der Waals surface area (Å²) in [7, 11) is 0. The Morgan fingerprint density at radius 1 is 1.42 bits per heavy atom. The fourth-order valence-electron chi connectivity index (χ4n) is 0.321. The van der Waals surface area contributed by atoms with Crippen LogP contribution in [0, 0.1) is 5.41 Å². The molecular weight excluding hydrogens is 154 g/mol. The monoisotopic (exact) mass is 171 g/mol. The summed E-state index contributed by atoms with van der Waals surface area (Å²) < 4.78 is 0. The van der Waals surface area contributed by atoms with Crippen LogP contribution in [0.5, 0.6) is 0 Å². The average Bonchev–Trinajstić information content (AvgIpc) is 1.97. The largest absolute Gasteiger partial charge is 0.334 e. The third kappa shape index (κ3) is 4.11. The molecular formula is C9H17NO2. The fourth-order valence-corrected chi connectivity index (χ4v) is 0.321. The zero-order chi connectivity index (χ0) is 9.78. The van der Waals surface area contributed by atoms with Gasteiger partial charge in [0.05, 0.1) is 5.71 Å². The molecule has 0 aromatic rings. The third-order valence-electron chi connectivity index (χ3n) is 1.66. The Labute approximate surface area is 73.8 Å². The van der Waals surface area contributed by atoms with Gasteiger partial charge in [-0.15, -0.1) is 0 Å². The zero-order valence-corrected chi connectivity index (χ0v) is 8.47. The second-order valence-corrected chi connectivity index (χ2v) is 3.74. The van der Waals surface area contributed by atoms with E-state index in [1.165, 1.54) is 0 Å². The zero-order valence-electron chi connectivity index (χ0n) is 8.47. The van der Waals surface area contributed by atoms with Crippen LogP contribution in [-0.2, 0) is 9.63 Å². The number of oxime groups is 1. The van der Waals surface area contributed by atoms with Gasteiger partial charge in [-0.2, -0.15) is 0 Å². The molecule has 0 fully saturated rings. The molecule has 3 nitrogen and oxygen atoms in total. The maximum Gasteiger partial charge on any atom is 0.334 e. The van der Waals surface area contributed by atoms with Crippen LogP contribution in [0.25, 0.3) is 0 Å². The fraction of sp³-hybridized carbons (Fsp3) is 0.778. The van der Waals surface area contributed by atoms with E-state index >= 15 is 0 Å². The van der Waals surface area contributed by atoms with Gasteiger partial charge >= 0.3 is 5.97 Å². The predicted octanol–water partition coefficient (Wildman–Crippen LogP) is 2.36. The molecule has 0 unspecified atom stereocenters. The summed E-state index contributed by atoms with van der Waals surface area (Å²) >= 11 is 0. The van der Waals surface area contributed by atoms with Crippen LogP contribution in [0.3, 0.4) is 0 Å². The number of nitrogens with zero attached hydrogens (tertiary/aromatic N) is 1. The van der Waals surface area contributed by atoms with Crippen molar-refractivity contribution in [3.05, 3.63) is 0 Å². The van der Waals surface area contributed by atoms with Crippen LogP contribution in [0.2, 0.25) is 0 Å². The smallest absolute Gasteiger partial charge is 0.318 e.